The zero-order valence-corrected chi connectivity index (χ0v) is 23.6. The Morgan fingerprint density at radius 1 is 1.00 bits per heavy atom. The van der Waals surface area contributed by atoms with Gasteiger partial charge in [0.25, 0.3) is 0 Å². The summed E-state index contributed by atoms with van der Waals surface area (Å²) in [5, 5.41) is 89.1. The molecule has 0 radical (unpaired) electrons. The lowest BCUT2D eigenvalue weighted by atomic mass is 9.76. The molecule has 41 heavy (non-hydrogen) atoms. The molecule has 0 amide bonds. The summed E-state index contributed by atoms with van der Waals surface area (Å²) in [6, 6.07) is -1.59. The fraction of sp³-hybridized carbons (Fsp3) is 1.00. The van der Waals surface area contributed by atoms with E-state index in [1.807, 2.05) is 0 Å². The van der Waals surface area contributed by atoms with Crippen LogP contribution < -0.4 is 22.1 Å². The molecule has 2 heterocycles. The standard InChI is InChI=1S/C25H50N4O12/c1-25(37)10-38-23(19(36)22(25)28-2)40-20-11(3-4-12(31)8-26)7-13(27)21(18(20)35)41-24-17(34)16(33)15(32)14(39-24)9-29-5-6-30/h11-24,28-37H,3-10,26-27H2,1-2H3/t11-,12?,13+,14-,15-,16+,17-,18-,19-,20+,21?,22-,23-,24-,25+/m1/s1. The van der Waals surface area contributed by atoms with Crippen LogP contribution in [0.3, 0.4) is 0 Å². The Morgan fingerprint density at radius 3 is 2.32 bits per heavy atom. The van der Waals surface area contributed by atoms with Gasteiger partial charge in [-0.05, 0) is 39.2 Å². The molecular formula is C25H50N4O12. The maximum atomic E-state index is 11.5. The Balaban J connectivity index is 1.79. The Labute approximate surface area is 239 Å². The molecule has 2 saturated heterocycles. The Morgan fingerprint density at radius 2 is 1.68 bits per heavy atom. The van der Waals surface area contributed by atoms with E-state index in [1.54, 1.807) is 7.05 Å². The molecule has 2 aliphatic heterocycles. The van der Waals surface area contributed by atoms with Gasteiger partial charge in [-0.3, -0.25) is 0 Å². The fourth-order valence-electron chi connectivity index (χ4n) is 5.91. The van der Waals surface area contributed by atoms with Crippen molar-refractivity contribution in [2.45, 2.75) is 111 Å². The summed E-state index contributed by atoms with van der Waals surface area (Å²) in [7, 11) is 1.58. The van der Waals surface area contributed by atoms with Gasteiger partial charge in [0.15, 0.2) is 12.6 Å². The van der Waals surface area contributed by atoms with E-state index in [4.69, 9.17) is 35.5 Å². The molecule has 3 aliphatic rings. The van der Waals surface area contributed by atoms with E-state index in [-0.39, 0.29) is 39.3 Å². The van der Waals surface area contributed by atoms with Crippen molar-refractivity contribution in [2.75, 3.05) is 39.9 Å². The van der Waals surface area contributed by atoms with Gasteiger partial charge in [0.2, 0.25) is 0 Å². The molecule has 15 atom stereocenters. The van der Waals surface area contributed by atoms with Crippen molar-refractivity contribution < 1.29 is 59.8 Å². The average Bonchev–Trinajstić information content (AvgIpc) is 2.93. The summed E-state index contributed by atoms with van der Waals surface area (Å²) in [5.41, 5.74) is 10.6. The van der Waals surface area contributed by atoms with Crippen LogP contribution >= 0.6 is 0 Å². The van der Waals surface area contributed by atoms with E-state index < -0.39 is 91.1 Å². The van der Waals surface area contributed by atoms with Crippen molar-refractivity contribution in [1.82, 2.24) is 10.6 Å². The molecule has 1 saturated carbocycles. The molecule has 3 fully saturated rings. The van der Waals surface area contributed by atoms with Crippen LogP contribution in [0.15, 0.2) is 0 Å². The first-order valence-electron chi connectivity index (χ1n) is 14.2. The van der Waals surface area contributed by atoms with Crippen molar-refractivity contribution in [1.29, 1.82) is 0 Å². The second-order valence-electron chi connectivity index (χ2n) is 11.6. The van der Waals surface area contributed by atoms with E-state index >= 15 is 0 Å². The van der Waals surface area contributed by atoms with Crippen LogP contribution in [0, 0.1) is 5.92 Å². The number of likely N-dealkylation sites (N-methyl/N-ethyl adjacent to an activating group) is 1. The van der Waals surface area contributed by atoms with Crippen LogP contribution in [-0.2, 0) is 18.9 Å². The summed E-state index contributed by atoms with van der Waals surface area (Å²) in [6.07, 6.45) is -13.3. The fourth-order valence-corrected chi connectivity index (χ4v) is 5.91. The predicted octanol–water partition coefficient (Wildman–Crippen LogP) is -5.99. The maximum absolute atomic E-state index is 11.5. The Bertz CT molecular complexity index is 787. The summed E-state index contributed by atoms with van der Waals surface area (Å²) in [5.74, 6) is -0.424. The van der Waals surface area contributed by atoms with E-state index in [1.165, 1.54) is 6.92 Å². The molecule has 0 aromatic heterocycles. The number of nitrogens with one attached hydrogen (secondary N) is 2. The highest BCUT2D eigenvalue weighted by Gasteiger charge is 2.52. The first kappa shape index (κ1) is 34.8. The molecule has 14 N–H and O–H groups in total. The summed E-state index contributed by atoms with van der Waals surface area (Å²) >= 11 is 0. The molecule has 242 valence electrons. The lowest BCUT2D eigenvalue weighted by Gasteiger charge is -2.49. The van der Waals surface area contributed by atoms with E-state index in [0.717, 1.165) is 0 Å². The van der Waals surface area contributed by atoms with Crippen LogP contribution in [0.4, 0.5) is 0 Å². The number of aliphatic hydroxyl groups is 8. The molecular weight excluding hydrogens is 548 g/mol. The predicted molar refractivity (Wildman–Crippen MR) is 142 cm³/mol. The molecule has 0 bridgehead atoms. The molecule has 0 aromatic rings. The van der Waals surface area contributed by atoms with Crippen LogP contribution in [-0.4, -0.2) is 166 Å². The van der Waals surface area contributed by atoms with E-state index in [0.29, 0.717) is 12.8 Å². The molecule has 3 rings (SSSR count). The maximum Gasteiger partial charge on any atom is 0.187 e. The lowest BCUT2D eigenvalue weighted by molar-refractivity contribution is -0.333. The summed E-state index contributed by atoms with van der Waals surface area (Å²) in [4.78, 5) is 0. The van der Waals surface area contributed by atoms with Crippen molar-refractivity contribution >= 4 is 0 Å². The van der Waals surface area contributed by atoms with Gasteiger partial charge in [-0.25, -0.2) is 0 Å². The number of ether oxygens (including phenoxy) is 4. The highest BCUT2D eigenvalue weighted by molar-refractivity contribution is 5.01. The number of hydrogen-bond acceptors (Lipinski definition) is 16. The number of rotatable bonds is 13. The van der Waals surface area contributed by atoms with Gasteiger partial charge < -0.3 is 81.9 Å². The van der Waals surface area contributed by atoms with Gasteiger partial charge in [-0.2, -0.15) is 0 Å². The normalized spacial score (nSPS) is 46.4. The largest absolute Gasteiger partial charge is 0.395 e. The minimum absolute atomic E-state index is 0.0369. The first-order chi connectivity index (χ1) is 19.4. The third-order valence-electron chi connectivity index (χ3n) is 8.30. The van der Waals surface area contributed by atoms with Crippen LogP contribution in [0.2, 0.25) is 0 Å². The zero-order valence-electron chi connectivity index (χ0n) is 23.6. The smallest absolute Gasteiger partial charge is 0.187 e. The zero-order chi connectivity index (χ0) is 30.5. The topological polar surface area (TPSA) is 275 Å². The second kappa shape index (κ2) is 15.4. The molecule has 16 nitrogen and oxygen atoms in total. The van der Waals surface area contributed by atoms with E-state index in [9.17, 15) is 35.7 Å². The second-order valence-corrected chi connectivity index (χ2v) is 11.6. The lowest BCUT2D eigenvalue weighted by Crippen LogP contribution is -2.67. The monoisotopic (exact) mass is 598 g/mol. The first-order valence-corrected chi connectivity index (χ1v) is 14.2. The summed E-state index contributed by atoms with van der Waals surface area (Å²) < 4.78 is 23.4. The SMILES string of the molecule is CN[C@@H]1[C@@H](O)[C@@H](O[C@H]2[C@H](CCC(O)CN)C[C@H](N)C(O[C@H]3O[C@H](CNCCO)[C@@H](O)[C@H](O)[C@H]3O)[C@@H]2O)OC[C@]1(C)O. The quantitative estimate of drug-likeness (QED) is 0.0879. The molecule has 0 spiro atoms. The highest BCUT2D eigenvalue weighted by Crippen LogP contribution is 2.37. The van der Waals surface area contributed by atoms with E-state index in [2.05, 4.69) is 10.6 Å². The minimum atomic E-state index is -1.67. The van der Waals surface area contributed by atoms with Gasteiger partial charge in [0.05, 0.1) is 31.5 Å². The highest BCUT2D eigenvalue weighted by atomic mass is 16.7. The number of nitrogens with two attached hydrogens (primary N) is 2. The Hall–Kier alpha value is -0.640. The molecule has 16 heteroatoms. The van der Waals surface area contributed by atoms with Gasteiger partial charge in [-0.15, -0.1) is 0 Å². The average molecular weight is 599 g/mol. The van der Waals surface area contributed by atoms with Gasteiger partial charge in [0, 0.05) is 25.7 Å². The Kier molecular flexibility index (Phi) is 13.1. The van der Waals surface area contributed by atoms with Gasteiger partial charge >= 0.3 is 0 Å². The molecule has 0 aromatic carbocycles. The third-order valence-corrected chi connectivity index (χ3v) is 8.30. The van der Waals surface area contributed by atoms with Crippen molar-refractivity contribution in [3.05, 3.63) is 0 Å². The number of hydrogen-bond donors (Lipinski definition) is 12. The van der Waals surface area contributed by atoms with Gasteiger partial charge in [0.1, 0.15) is 48.3 Å². The summed E-state index contributed by atoms with van der Waals surface area (Å²) in [6.45, 7) is 1.48. The van der Waals surface area contributed by atoms with Crippen LogP contribution in [0.5, 0.6) is 0 Å². The van der Waals surface area contributed by atoms with Gasteiger partial charge in [-0.1, -0.05) is 0 Å². The molecule has 2 unspecified atom stereocenters. The third kappa shape index (κ3) is 8.30. The van der Waals surface area contributed by atoms with Crippen LogP contribution in [0.25, 0.3) is 0 Å². The molecule has 1 aliphatic carbocycles. The van der Waals surface area contributed by atoms with Crippen molar-refractivity contribution in [2.24, 2.45) is 17.4 Å². The minimum Gasteiger partial charge on any atom is -0.395 e. The van der Waals surface area contributed by atoms with Crippen LogP contribution in [0.1, 0.15) is 26.2 Å². The number of aliphatic hydroxyl groups excluding tert-OH is 7. The van der Waals surface area contributed by atoms with Crippen molar-refractivity contribution in [3.63, 3.8) is 0 Å². The van der Waals surface area contributed by atoms with Crippen molar-refractivity contribution in [3.8, 4) is 0 Å².